The summed E-state index contributed by atoms with van der Waals surface area (Å²) in [6.07, 6.45) is 1.17. The summed E-state index contributed by atoms with van der Waals surface area (Å²) in [5, 5.41) is 8.89. The zero-order chi connectivity index (χ0) is 18.2. The Labute approximate surface area is 146 Å². The topological polar surface area (TPSA) is 78.2 Å². The maximum Gasteiger partial charge on any atom is 0.254 e. The molecule has 6 heteroatoms. The fraction of sp³-hybridized carbons (Fsp3) is 0.158. The molecule has 25 heavy (non-hydrogen) atoms. The molecule has 0 unspecified atom stereocenters. The van der Waals surface area contributed by atoms with Gasteiger partial charge in [0.2, 0.25) is 0 Å². The molecule has 0 atom stereocenters. The van der Waals surface area contributed by atoms with Gasteiger partial charge in [-0.25, -0.2) is 8.42 Å². The number of nitrogens with zero attached hydrogens (tertiary/aromatic N) is 2. The third-order valence-electron chi connectivity index (χ3n) is 4.18. The molecule has 0 aromatic heterocycles. The van der Waals surface area contributed by atoms with Crippen molar-refractivity contribution in [1.29, 1.82) is 5.26 Å². The SMILES string of the molecule is C=C(C#N)CN1Cc2c(cccc2-c2ccc(S(C)(=O)=O)cc2)C1=O. The van der Waals surface area contributed by atoms with Crippen LogP contribution >= 0.6 is 0 Å². The predicted molar refractivity (Wildman–Crippen MR) is 94.5 cm³/mol. The Kier molecular flexibility index (Phi) is 4.19. The molecular weight excluding hydrogens is 336 g/mol. The highest BCUT2D eigenvalue weighted by atomic mass is 32.2. The van der Waals surface area contributed by atoms with Gasteiger partial charge < -0.3 is 4.90 Å². The summed E-state index contributed by atoms with van der Waals surface area (Å²) in [5.41, 5.74) is 3.55. The highest BCUT2D eigenvalue weighted by Gasteiger charge is 2.29. The molecule has 2 aromatic carbocycles. The van der Waals surface area contributed by atoms with Crippen molar-refractivity contribution >= 4 is 15.7 Å². The summed E-state index contributed by atoms with van der Waals surface area (Å²) in [4.78, 5) is 14.4. The van der Waals surface area contributed by atoms with E-state index in [1.54, 1.807) is 41.3 Å². The lowest BCUT2D eigenvalue weighted by Crippen LogP contribution is -2.25. The first kappa shape index (κ1) is 16.9. The molecule has 1 aliphatic rings. The molecule has 1 heterocycles. The van der Waals surface area contributed by atoms with E-state index in [-0.39, 0.29) is 17.3 Å². The molecule has 1 aliphatic heterocycles. The highest BCUT2D eigenvalue weighted by Crippen LogP contribution is 2.33. The Hall–Kier alpha value is -2.91. The number of nitriles is 1. The first-order chi connectivity index (χ1) is 11.8. The number of benzene rings is 2. The minimum Gasteiger partial charge on any atom is -0.329 e. The summed E-state index contributed by atoms with van der Waals surface area (Å²) < 4.78 is 23.2. The van der Waals surface area contributed by atoms with Crippen LogP contribution in [0, 0.1) is 11.3 Å². The molecule has 0 N–H and O–H groups in total. The van der Waals surface area contributed by atoms with Gasteiger partial charge in [-0.05, 0) is 34.9 Å². The van der Waals surface area contributed by atoms with Crippen LogP contribution in [0.4, 0.5) is 0 Å². The molecule has 0 aliphatic carbocycles. The number of amides is 1. The second-order valence-corrected chi connectivity index (χ2v) is 8.02. The van der Waals surface area contributed by atoms with E-state index in [4.69, 9.17) is 5.26 Å². The first-order valence-electron chi connectivity index (χ1n) is 7.61. The average Bonchev–Trinajstić information content (AvgIpc) is 2.90. The molecule has 3 rings (SSSR count). The Morgan fingerprint density at radius 1 is 1.20 bits per heavy atom. The van der Waals surface area contributed by atoms with Crippen LogP contribution < -0.4 is 0 Å². The van der Waals surface area contributed by atoms with Crippen LogP contribution in [-0.4, -0.2) is 32.0 Å². The van der Waals surface area contributed by atoms with Crippen molar-refractivity contribution in [3.05, 3.63) is 65.7 Å². The van der Waals surface area contributed by atoms with Crippen LogP contribution in [-0.2, 0) is 16.4 Å². The number of carbonyl (C=O) groups excluding carboxylic acids is 1. The van der Waals surface area contributed by atoms with Crippen molar-refractivity contribution in [3.63, 3.8) is 0 Å². The summed E-state index contributed by atoms with van der Waals surface area (Å²) in [6.45, 7) is 4.24. The first-order valence-corrected chi connectivity index (χ1v) is 9.50. The molecule has 2 aromatic rings. The van der Waals surface area contributed by atoms with Crippen LogP contribution in [0.3, 0.4) is 0 Å². The van der Waals surface area contributed by atoms with E-state index in [9.17, 15) is 13.2 Å². The van der Waals surface area contributed by atoms with E-state index in [1.165, 1.54) is 6.26 Å². The van der Waals surface area contributed by atoms with Gasteiger partial charge in [0.25, 0.3) is 5.91 Å². The van der Waals surface area contributed by atoms with E-state index >= 15 is 0 Å². The largest absolute Gasteiger partial charge is 0.329 e. The quantitative estimate of drug-likeness (QED) is 0.793. The lowest BCUT2D eigenvalue weighted by Gasteiger charge is -2.14. The molecular formula is C19H16N2O3S. The van der Waals surface area contributed by atoms with Crippen molar-refractivity contribution in [1.82, 2.24) is 4.90 Å². The number of fused-ring (bicyclic) bond motifs is 1. The van der Waals surface area contributed by atoms with Gasteiger partial charge in [0.1, 0.15) is 0 Å². The molecule has 5 nitrogen and oxygen atoms in total. The number of hydrogen-bond donors (Lipinski definition) is 0. The Morgan fingerprint density at radius 2 is 1.84 bits per heavy atom. The molecule has 0 saturated carbocycles. The van der Waals surface area contributed by atoms with Gasteiger partial charge in [-0.15, -0.1) is 0 Å². The van der Waals surface area contributed by atoms with Crippen molar-refractivity contribution in [2.45, 2.75) is 11.4 Å². The third kappa shape index (κ3) is 3.19. The number of rotatable bonds is 4. The van der Waals surface area contributed by atoms with E-state index in [1.807, 2.05) is 12.1 Å². The lowest BCUT2D eigenvalue weighted by atomic mass is 9.97. The highest BCUT2D eigenvalue weighted by molar-refractivity contribution is 7.90. The van der Waals surface area contributed by atoms with Gasteiger partial charge in [0.05, 0.1) is 17.5 Å². The Bertz CT molecular complexity index is 1020. The molecule has 126 valence electrons. The van der Waals surface area contributed by atoms with Crippen molar-refractivity contribution in [2.24, 2.45) is 0 Å². The van der Waals surface area contributed by atoms with Crippen LogP contribution in [0.5, 0.6) is 0 Å². The van der Waals surface area contributed by atoms with Gasteiger partial charge in [0, 0.05) is 23.9 Å². The van der Waals surface area contributed by atoms with Gasteiger partial charge in [0.15, 0.2) is 9.84 Å². The molecule has 1 amide bonds. The van der Waals surface area contributed by atoms with E-state index in [0.29, 0.717) is 17.7 Å². The van der Waals surface area contributed by atoms with Gasteiger partial charge in [-0.2, -0.15) is 5.26 Å². The summed E-state index contributed by atoms with van der Waals surface area (Å²) in [5.74, 6) is -0.124. The minimum atomic E-state index is -3.25. The molecule has 0 radical (unpaired) electrons. The van der Waals surface area contributed by atoms with Gasteiger partial charge in [-0.3, -0.25) is 4.79 Å². The molecule has 0 bridgehead atoms. The van der Waals surface area contributed by atoms with Crippen LogP contribution in [0.15, 0.2) is 59.5 Å². The van der Waals surface area contributed by atoms with Crippen molar-refractivity contribution in [3.8, 4) is 17.2 Å². The van der Waals surface area contributed by atoms with Crippen LogP contribution in [0.2, 0.25) is 0 Å². The minimum absolute atomic E-state index is 0.124. The van der Waals surface area contributed by atoms with E-state index in [2.05, 4.69) is 6.58 Å². The maximum atomic E-state index is 12.5. The predicted octanol–water partition coefficient (Wildman–Crippen LogP) is 2.79. The van der Waals surface area contributed by atoms with Gasteiger partial charge >= 0.3 is 0 Å². The summed E-state index contributed by atoms with van der Waals surface area (Å²) in [7, 11) is -3.25. The van der Waals surface area contributed by atoms with Crippen LogP contribution in [0.1, 0.15) is 15.9 Å². The Morgan fingerprint density at radius 3 is 2.44 bits per heavy atom. The average molecular weight is 352 g/mol. The summed E-state index contributed by atoms with van der Waals surface area (Å²) in [6, 6.07) is 14.1. The molecule has 0 spiro atoms. The van der Waals surface area contributed by atoms with Crippen molar-refractivity contribution in [2.75, 3.05) is 12.8 Å². The fourth-order valence-corrected chi connectivity index (χ4v) is 3.57. The lowest BCUT2D eigenvalue weighted by molar-refractivity contribution is 0.0794. The van der Waals surface area contributed by atoms with Crippen molar-refractivity contribution < 1.29 is 13.2 Å². The number of sulfone groups is 1. The molecule has 0 fully saturated rings. The molecule has 0 saturated heterocycles. The fourth-order valence-electron chi connectivity index (χ4n) is 2.94. The second-order valence-electron chi connectivity index (χ2n) is 6.00. The summed E-state index contributed by atoms with van der Waals surface area (Å²) >= 11 is 0. The van der Waals surface area contributed by atoms with E-state index in [0.717, 1.165) is 16.7 Å². The standard InChI is InChI=1S/C19H16N2O3S/c1-13(10-20)11-21-12-18-16(4-3-5-17(18)19(21)22)14-6-8-15(9-7-14)25(2,23)24/h3-9H,1,11-12H2,2H3. The van der Waals surface area contributed by atoms with E-state index < -0.39 is 9.84 Å². The third-order valence-corrected chi connectivity index (χ3v) is 5.30. The second kappa shape index (κ2) is 6.19. The zero-order valence-electron chi connectivity index (χ0n) is 13.7. The maximum absolute atomic E-state index is 12.5. The zero-order valence-corrected chi connectivity index (χ0v) is 14.5. The number of hydrogen-bond acceptors (Lipinski definition) is 4. The smallest absolute Gasteiger partial charge is 0.254 e. The van der Waals surface area contributed by atoms with Crippen LogP contribution in [0.25, 0.3) is 11.1 Å². The van der Waals surface area contributed by atoms with Gasteiger partial charge in [-0.1, -0.05) is 30.8 Å². The number of carbonyl (C=O) groups is 1. The normalized spacial score (nSPS) is 13.4. The monoisotopic (exact) mass is 352 g/mol. The Balaban J connectivity index is 1.99.